The Labute approximate surface area is 108 Å². The van der Waals surface area contributed by atoms with E-state index >= 15 is 0 Å². The molecule has 0 amide bonds. The third kappa shape index (κ3) is 2.05. The van der Waals surface area contributed by atoms with Crippen molar-refractivity contribution in [2.24, 2.45) is 5.16 Å². The molecule has 0 saturated carbocycles. The van der Waals surface area contributed by atoms with Crippen LogP contribution in [-0.2, 0) is 4.84 Å². The average Bonchev–Trinajstić information content (AvgIpc) is 3.08. The SMILES string of the molecule is O=[N+]([O-])c1cncn1C1CC(c2ccccc2)=NO1. The van der Waals surface area contributed by atoms with E-state index in [1.165, 1.54) is 17.1 Å². The number of oxime groups is 1. The summed E-state index contributed by atoms with van der Waals surface area (Å²) in [6.07, 6.45) is 2.54. The Kier molecular flexibility index (Phi) is 2.71. The zero-order valence-corrected chi connectivity index (χ0v) is 9.84. The molecule has 1 unspecified atom stereocenters. The normalized spacial score (nSPS) is 17.9. The lowest BCUT2D eigenvalue weighted by Crippen LogP contribution is -2.11. The van der Waals surface area contributed by atoms with Crippen LogP contribution in [0.15, 0.2) is 48.0 Å². The van der Waals surface area contributed by atoms with Gasteiger partial charge in [0.25, 0.3) is 6.23 Å². The first-order chi connectivity index (χ1) is 9.25. The number of nitrogens with zero attached hydrogens (tertiary/aromatic N) is 4. The fraction of sp³-hybridized carbons (Fsp3) is 0.167. The van der Waals surface area contributed by atoms with Gasteiger partial charge in [-0.25, -0.2) is 4.98 Å². The first-order valence-electron chi connectivity index (χ1n) is 5.70. The second-order valence-electron chi connectivity index (χ2n) is 4.08. The molecule has 3 rings (SSSR count). The fourth-order valence-electron chi connectivity index (χ4n) is 1.98. The van der Waals surface area contributed by atoms with Crippen LogP contribution in [0.2, 0.25) is 0 Å². The van der Waals surface area contributed by atoms with Gasteiger partial charge in [0.1, 0.15) is 6.20 Å². The molecule has 0 bridgehead atoms. The van der Waals surface area contributed by atoms with Crippen LogP contribution >= 0.6 is 0 Å². The zero-order chi connectivity index (χ0) is 13.2. The van der Waals surface area contributed by atoms with Crippen LogP contribution in [0.1, 0.15) is 18.2 Å². The molecule has 19 heavy (non-hydrogen) atoms. The van der Waals surface area contributed by atoms with Crippen molar-refractivity contribution in [3.63, 3.8) is 0 Å². The number of hydrogen-bond donors (Lipinski definition) is 0. The van der Waals surface area contributed by atoms with Crippen LogP contribution in [0.4, 0.5) is 5.82 Å². The maximum atomic E-state index is 10.8. The summed E-state index contributed by atoms with van der Waals surface area (Å²) < 4.78 is 1.37. The maximum absolute atomic E-state index is 10.8. The molecular formula is C12H10N4O3. The number of benzene rings is 1. The molecule has 96 valence electrons. The van der Waals surface area contributed by atoms with Crippen LogP contribution in [0, 0.1) is 10.1 Å². The summed E-state index contributed by atoms with van der Waals surface area (Å²) in [6.45, 7) is 0. The van der Waals surface area contributed by atoms with E-state index in [-0.39, 0.29) is 5.82 Å². The summed E-state index contributed by atoms with van der Waals surface area (Å²) >= 11 is 0. The Hall–Kier alpha value is -2.70. The van der Waals surface area contributed by atoms with Crippen LogP contribution in [-0.4, -0.2) is 20.2 Å². The molecule has 0 saturated heterocycles. The van der Waals surface area contributed by atoms with Gasteiger partial charge in [0.2, 0.25) is 0 Å². The summed E-state index contributed by atoms with van der Waals surface area (Å²) in [5, 5.41) is 14.8. The molecule has 0 radical (unpaired) electrons. The minimum Gasteiger partial charge on any atom is -0.358 e. The van der Waals surface area contributed by atoms with Gasteiger partial charge >= 0.3 is 5.82 Å². The molecule has 2 aromatic rings. The minimum atomic E-state index is -0.516. The molecule has 0 aliphatic carbocycles. The second kappa shape index (κ2) is 4.52. The second-order valence-corrected chi connectivity index (χ2v) is 4.08. The molecule has 0 spiro atoms. The van der Waals surface area contributed by atoms with Gasteiger partial charge in [0.05, 0.1) is 12.1 Å². The third-order valence-electron chi connectivity index (χ3n) is 2.90. The first kappa shape index (κ1) is 11.4. The number of nitro groups is 1. The molecule has 0 fully saturated rings. The summed E-state index contributed by atoms with van der Waals surface area (Å²) in [6, 6.07) is 9.58. The molecule has 2 heterocycles. The van der Waals surface area contributed by atoms with Gasteiger partial charge in [0, 0.05) is 0 Å². The largest absolute Gasteiger partial charge is 0.358 e. The van der Waals surface area contributed by atoms with E-state index in [4.69, 9.17) is 4.84 Å². The maximum Gasteiger partial charge on any atom is 0.345 e. The van der Waals surface area contributed by atoms with Gasteiger partial charge < -0.3 is 15.0 Å². The summed E-state index contributed by atoms with van der Waals surface area (Å²) in [5.41, 5.74) is 1.72. The minimum absolute atomic E-state index is 0.102. The highest BCUT2D eigenvalue weighted by molar-refractivity contribution is 6.01. The van der Waals surface area contributed by atoms with Crippen molar-refractivity contribution in [2.75, 3.05) is 0 Å². The average molecular weight is 258 g/mol. The molecule has 0 N–H and O–H groups in total. The quantitative estimate of drug-likeness (QED) is 0.623. The number of imidazole rings is 1. The molecular weight excluding hydrogens is 248 g/mol. The van der Waals surface area contributed by atoms with E-state index in [1.807, 2.05) is 30.3 Å². The molecule has 7 nitrogen and oxygen atoms in total. The van der Waals surface area contributed by atoms with Crippen molar-refractivity contribution >= 4 is 11.5 Å². The number of rotatable bonds is 3. The van der Waals surface area contributed by atoms with Gasteiger partial charge in [-0.1, -0.05) is 35.5 Å². The van der Waals surface area contributed by atoms with Gasteiger partial charge in [-0.05, 0) is 10.5 Å². The summed E-state index contributed by atoms with van der Waals surface area (Å²) in [5.74, 6) is -0.102. The highest BCUT2D eigenvalue weighted by Crippen LogP contribution is 2.28. The van der Waals surface area contributed by atoms with E-state index in [2.05, 4.69) is 10.1 Å². The Morgan fingerprint density at radius 3 is 2.89 bits per heavy atom. The van der Waals surface area contributed by atoms with Crippen LogP contribution in [0.3, 0.4) is 0 Å². The smallest absolute Gasteiger partial charge is 0.345 e. The first-order valence-corrected chi connectivity index (χ1v) is 5.70. The molecule has 1 aliphatic heterocycles. The molecule has 1 atom stereocenters. The highest BCUT2D eigenvalue weighted by Gasteiger charge is 2.30. The Morgan fingerprint density at radius 2 is 2.16 bits per heavy atom. The molecule has 7 heteroatoms. The Morgan fingerprint density at radius 1 is 1.37 bits per heavy atom. The van der Waals surface area contributed by atoms with E-state index in [0.717, 1.165) is 11.3 Å². The lowest BCUT2D eigenvalue weighted by atomic mass is 10.1. The third-order valence-corrected chi connectivity index (χ3v) is 2.90. The molecule has 1 aliphatic rings. The van der Waals surface area contributed by atoms with Crippen LogP contribution in [0.25, 0.3) is 0 Å². The molecule has 1 aromatic heterocycles. The van der Waals surface area contributed by atoms with E-state index in [0.29, 0.717) is 6.42 Å². The predicted molar refractivity (Wildman–Crippen MR) is 66.6 cm³/mol. The van der Waals surface area contributed by atoms with Crippen molar-refractivity contribution in [3.8, 4) is 0 Å². The van der Waals surface area contributed by atoms with E-state index < -0.39 is 11.2 Å². The summed E-state index contributed by atoms with van der Waals surface area (Å²) in [7, 11) is 0. The van der Waals surface area contributed by atoms with Crippen molar-refractivity contribution < 1.29 is 9.76 Å². The van der Waals surface area contributed by atoms with Crippen molar-refractivity contribution in [1.29, 1.82) is 0 Å². The lowest BCUT2D eigenvalue weighted by Gasteiger charge is -2.06. The van der Waals surface area contributed by atoms with Gasteiger partial charge in [-0.2, -0.15) is 4.57 Å². The van der Waals surface area contributed by atoms with E-state index in [9.17, 15) is 10.1 Å². The van der Waals surface area contributed by atoms with E-state index in [1.54, 1.807) is 0 Å². The number of hydrogen-bond acceptors (Lipinski definition) is 5. The zero-order valence-electron chi connectivity index (χ0n) is 9.84. The fourth-order valence-corrected chi connectivity index (χ4v) is 1.98. The van der Waals surface area contributed by atoms with Gasteiger partial charge in [0.15, 0.2) is 6.33 Å². The Balaban J connectivity index is 1.81. The van der Waals surface area contributed by atoms with Gasteiger partial charge in [-0.3, -0.25) is 0 Å². The number of aromatic nitrogens is 2. The van der Waals surface area contributed by atoms with Crippen molar-refractivity contribution in [2.45, 2.75) is 12.6 Å². The van der Waals surface area contributed by atoms with Crippen LogP contribution in [0.5, 0.6) is 0 Å². The monoisotopic (exact) mass is 258 g/mol. The van der Waals surface area contributed by atoms with Crippen molar-refractivity contribution in [1.82, 2.24) is 9.55 Å². The lowest BCUT2D eigenvalue weighted by molar-refractivity contribution is -0.393. The summed E-state index contributed by atoms with van der Waals surface area (Å²) in [4.78, 5) is 19.4. The molecule has 1 aromatic carbocycles. The standard InChI is InChI=1S/C12H10N4O3/c17-16(18)11-7-13-8-15(11)12-6-10(14-19-12)9-4-2-1-3-5-9/h1-5,7-8,12H,6H2. The highest BCUT2D eigenvalue weighted by atomic mass is 16.7. The Bertz CT molecular complexity index is 635. The predicted octanol–water partition coefficient (Wildman–Crippen LogP) is 2.11. The van der Waals surface area contributed by atoms with Gasteiger partial charge in [-0.15, -0.1) is 0 Å². The van der Waals surface area contributed by atoms with Crippen LogP contribution < -0.4 is 0 Å². The topological polar surface area (TPSA) is 82.5 Å². The van der Waals surface area contributed by atoms with Crippen molar-refractivity contribution in [3.05, 3.63) is 58.5 Å².